The molecule has 1 aromatic carbocycles. The fourth-order valence-electron chi connectivity index (χ4n) is 1.95. The Kier molecular flexibility index (Phi) is 7.09. The van der Waals surface area contributed by atoms with Crippen molar-refractivity contribution in [2.45, 2.75) is 46.0 Å². The molecule has 0 aromatic heterocycles. The highest BCUT2D eigenvalue weighted by Gasteiger charge is 1.96. The van der Waals surface area contributed by atoms with E-state index in [1.54, 1.807) is 0 Å². The predicted octanol–water partition coefficient (Wildman–Crippen LogP) is 5.76. The predicted molar refractivity (Wildman–Crippen MR) is 78.0 cm³/mol. The van der Waals surface area contributed by atoms with E-state index in [1.165, 1.54) is 43.4 Å². The zero-order valence-corrected chi connectivity index (χ0v) is 11.5. The second kappa shape index (κ2) is 8.68. The van der Waals surface area contributed by atoms with Crippen LogP contribution in [0.25, 0.3) is 6.08 Å². The van der Waals surface area contributed by atoms with Gasteiger partial charge in [0.15, 0.2) is 0 Å². The van der Waals surface area contributed by atoms with Crippen LogP contribution in [0.4, 0.5) is 4.39 Å². The lowest BCUT2D eigenvalue weighted by Crippen LogP contribution is -1.83. The number of hydrogen-bond donors (Lipinski definition) is 0. The third kappa shape index (κ3) is 5.81. The highest BCUT2D eigenvalue weighted by molar-refractivity contribution is 5.55. The van der Waals surface area contributed by atoms with E-state index >= 15 is 0 Å². The van der Waals surface area contributed by atoms with Crippen LogP contribution in [0.3, 0.4) is 0 Å². The quantitative estimate of drug-likeness (QED) is 0.424. The number of halogens is 1. The van der Waals surface area contributed by atoms with Crippen molar-refractivity contribution in [2.24, 2.45) is 0 Å². The van der Waals surface area contributed by atoms with Crippen LogP contribution < -0.4 is 0 Å². The molecule has 0 nitrogen and oxygen atoms in total. The fourth-order valence-corrected chi connectivity index (χ4v) is 1.95. The first-order chi connectivity index (χ1) is 8.76. The maximum absolute atomic E-state index is 12.8. The average Bonchev–Trinajstić information content (AvgIpc) is 2.37. The van der Waals surface area contributed by atoms with E-state index < -0.39 is 0 Å². The molecule has 1 heteroatoms. The van der Waals surface area contributed by atoms with Crippen LogP contribution in [-0.4, -0.2) is 0 Å². The van der Waals surface area contributed by atoms with Gasteiger partial charge in [-0.2, -0.15) is 0 Å². The minimum Gasteiger partial charge on any atom is -0.207 e. The molecule has 18 heavy (non-hydrogen) atoms. The second-order valence-electron chi connectivity index (χ2n) is 4.58. The lowest BCUT2D eigenvalue weighted by atomic mass is 10.0. The Morgan fingerprint density at radius 3 is 2.44 bits per heavy atom. The molecule has 0 N–H and O–H groups in total. The first-order valence-electron chi connectivity index (χ1n) is 6.85. The molecule has 0 amide bonds. The van der Waals surface area contributed by atoms with Crippen molar-refractivity contribution in [3.63, 3.8) is 0 Å². The van der Waals surface area contributed by atoms with E-state index in [-0.39, 0.29) is 5.82 Å². The van der Waals surface area contributed by atoms with Gasteiger partial charge in [-0.1, -0.05) is 56.5 Å². The van der Waals surface area contributed by atoms with Crippen molar-refractivity contribution in [1.82, 2.24) is 0 Å². The number of rotatable bonds is 7. The standard InChI is InChI=1S/C17H23F/c1-3-5-6-7-9-15(8-4-2)14-16-10-12-17(18)13-11-16/h4,8,10-14H,3,5-7,9H2,1-2H3/b8-4+,15-14-. The van der Waals surface area contributed by atoms with Crippen LogP contribution in [0.2, 0.25) is 0 Å². The van der Waals surface area contributed by atoms with Crippen LogP contribution in [0, 0.1) is 5.82 Å². The molecule has 0 saturated carbocycles. The Labute approximate surface area is 110 Å². The summed E-state index contributed by atoms with van der Waals surface area (Å²) >= 11 is 0. The maximum Gasteiger partial charge on any atom is 0.123 e. The Bertz CT molecular complexity index is 385. The summed E-state index contributed by atoms with van der Waals surface area (Å²) < 4.78 is 12.8. The zero-order chi connectivity index (χ0) is 13.2. The Balaban J connectivity index is 2.62. The van der Waals surface area contributed by atoms with E-state index in [9.17, 15) is 4.39 Å². The summed E-state index contributed by atoms with van der Waals surface area (Å²) in [6, 6.07) is 6.67. The molecule has 0 aliphatic rings. The highest BCUT2D eigenvalue weighted by Crippen LogP contribution is 2.16. The molecule has 0 fully saturated rings. The number of benzene rings is 1. The minimum atomic E-state index is -0.178. The van der Waals surface area contributed by atoms with Gasteiger partial charge in [0, 0.05) is 0 Å². The normalized spacial score (nSPS) is 12.3. The molecule has 0 aliphatic heterocycles. The molecule has 0 bridgehead atoms. The van der Waals surface area contributed by atoms with Crippen molar-refractivity contribution in [1.29, 1.82) is 0 Å². The van der Waals surface area contributed by atoms with E-state index in [0.29, 0.717) is 0 Å². The molecule has 1 rings (SSSR count). The molecule has 0 heterocycles. The van der Waals surface area contributed by atoms with E-state index in [4.69, 9.17) is 0 Å². The summed E-state index contributed by atoms with van der Waals surface area (Å²) in [7, 11) is 0. The van der Waals surface area contributed by atoms with Gasteiger partial charge in [0.2, 0.25) is 0 Å². The number of hydrogen-bond acceptors (Lipinski definition) is 0. The lowest BCUT2D eigenvalue weighted by molar-refractivity contribution is 0.627. The summed E-state index contributed by atoms with van der Waals surface area (Å²) in [4.78, 5) is 0. The third-order valence-corrected chi connectivity index (χ3v) is 2.92. The summed E-state index contributed by atoms with van der Waals surface area (Å²) in [5.74, 6) is -0.178. The van der Waals surface area contributed by atoms with Crippen LogP contribution in [0.5, 0.6) is 0 Å². The smallest absolute Gasteiger partial charge is 0.123 e. The van der Waals surface area contributed by atoms with E-state index in [1.807, 2.05) is 19.1 Å². The highest BCUT2D eigenvalue weighted by atomic mass is 19.1. The molecule has 0 radical (unpaired) electrons. The molecule has 0 atom stereocenters. The van der Waals surface area contributed by atoms with Crippen LogP contribution in [0.15, 0.2) is 42.0 Å². The number of allylic oxidation sites excluding steroid dienone is 3. The molecule has 1 aromatic rings. The molecular formula is C17H23F. The third-order valence-electron chi connectivity index (χ3n) is 2.92. The van der Waals surface area contributed by atoms with Gasteiger partial charge in [-0.15, -0.1) is 0 Å². The second-order valence-corrected chi connectivity index (χ2v) is 4.58. The maximum atomic E-state index is 12.8. The first-order valence-corrected chi connectivity index (χ1v) is 6.85. The van der Waals surface area contributed by atoms with Gasteiger partial charge in [-0.25, -0.2) is 4.39 Å². The minimum absolute atomic E-state index is 0.178. The van der Waals surface area contributed by atoms with Gasteiger partial charge >= 0.3 is 0 Å². The van der Waals surface area contributed by atoms with Gasteiger partial charge < -0.3 is 0 Å². The van der Waals surface area contributed by atoms with E-state index in [0.717, 1.165) is 12.0 Å². The fraction of sp³-hybridized carbons (Fsp3) is 0.412. The summed E-state index contributed by atoms with van der Waals surface area (Å²) in [5, 5.41) is 0. The largest absolute Gasteiger partial charge is 0.207 e. The molecule has 0 saturated heterocycles. The first kappa shape index (κ1) is 14.7. The van der Waals surface area contributed by atoms with Gasteiger partial charge in [0.1, 0.15) is 5.82 Å². The molecular weight excluding hydrogens is 223 g/mol. The van der Waals surface area contributed by atoms with Gasteiger partial charge in [-0.3, -0.25) is 0 Å². The average molecular weight is 246 g/mol. The lowest BCUT2D eigenvalue weighted by Gasteiger charge is -2.03. The number of unbranched alkanes of at least 4 members (excludes halogenated alkanes) is 3. The van der Waals surface area contributed by atoms with Crippen LogP contribution in [0.1, 0.15) is 51.5 Å². The van der Waals surface area contributed by atoms with E-state index in [2.05, 4.69) is 25.2 Å². The van der Waals surface area contributed by atoms with Crippen molar-refractivity contribution in [3.8, 4) is 0 Å². The topological polar surface area (TPSA) is 0 Å². The monoisotopic (exact) mass is 246 g/mol. The summed E-state index contributed by atoms with van der Waals surface area (Å²) in [6.07, 6.45) is 12.5. The van der Waals surface area contributed by atoms with Crippen LogP contribution in [-0.2, 0) is 0 Å². The van der Waals surface area contributed by atoms with Gasteiger partial charge in [-0.05, 0) is 43.0 Å². The molecule has 0 unspecified atom stereocenters. The Morgan fingerprint density at radius 1 is 1.11 bits per heavy atom. The Morgan fingerprint density at radius 2 is 1.83 bits per heavy atom. The van der Waals surface area contributed by atoms with Crippen molar-refractivity contribution in [2.75, 3.05) is 0 Å². The van der Waals surface area contributed by atoms with Gasteiger partial charge in [0.05, 0.1) is 0 Å². The Hall–Kier alpha value is -1.37. The SMILES string of the molecule is C/C=C/C(=C/c1ccc(F)cc1)CCCCCC. The van der Waals surface area contributed by atoms with Crippen LogP contribution >= 0.6 is 0 Å². The molecule has 98 valence electrons. The molecule has 0 aliphatic carbocycles. The van der Waals surface area contributed by atoms with Crippen molar-refractivity contribution >= 4 is 6.08 Å². The van der Waals surface area contributed by atoms with Gasteiger partial charge in [0.25, 0.3) is 0 Å². The summed E-state index contributed by atoms with van der Waals surface area (Å²) in [6.45, 7) is 4.26. The molecule has 0 spiro atoms. The van der Waals surface area contributed by atoms with Crippen molar-refractivity contribution in [3.05, 3.63) is 53.4 Å². The van der Waals surface area contributed by atoms with Crippen molar-refractivity contribution < 1.29 is 4.39 Å². The zero-order valence-electron chi connectivity index (χ0n) is 11.5. The summed E-state index contributed by atoms with van der Waals surface area (Å²) in [5.41, 5.74) is 2.39.